The molecule has 2 fully saturated rings. The molecule has 2 aliphatic heterocycles. The molecule has 30 heavy (non-hydrogen) atoms. The van der Waals surface area contributed by atoms with Crippen LogP contribution in [0.3, 0.4) is 0 Å². The fourth-order valence-electron chi connectivity index (χ4n) is 4.02. The molecule has 0 aliphatic carbocycles. The zero-order chi connectivity index (χ0) is 21.3. The van der Waals surface area contributed by atoms with Gasteiger partial charge in [0.2, 0.25) is 11.8 Å². The van der Waals surface area contributed by atoms with E-state index in [0.29, 0.717) is 55.7 Å². The molecule has 1 atom stereocenters. The maximum Gasteiger partial charge on any atom is 0.294 e. The van der Waals surface area contributed by atoms with E-state index in [1.165, 1.54) is 6.07 Å². The van der Waals surface area contributed by atoms with E-state index in [4.69, 9.17) is 16.0 Å². The smallest absolute Gasteiger partial charge is 0.294 e. The molecule has 2 aromatic rings. The van der Waals surface area contributed by atoms with Crippen LogP contribution >= 0.6 is 11.6 Å². The van der Waals surface area contributed by atoms with Crippen LogP contribution in [0.5, 0.6) is 0 Å². The second-order valence-electron chi connectivity index (χ2n) is 7.46. The number of nitro benzene ring substituents is 1. The first kappa shape index (κ1) is 20.2. The molecule has 1 aromatic heterocycles. The number of carbonyl (C=O) groups is 2. The third-order valence-electron chi connectivity index (χ3n) is 5.56. The summed E-state index contributed by atoms with van der Waals surface area (Å²) in [5, 5.41) is 11.7. The lowest BCUT2D eigenvalue weighted by Crippen LogP contribution is -2.50. The van der Waals surface area contributed by atoms with Gasteiger partial charge < -0.3 is 19.1 Å². The minimum absolute atomic E-state index is 0.0442. The largest absolute Gasteiger partial charge is 0.467 e. The van der Waals surface area contributed by atoms with Gasteiger partial charge in [0.05, 0.1) is 23.6 Å². The van der Waals surface area contributed by atoms with Crippen molar-refractivity contribution < 1.29 is 18.9 Å². The summed E-state index contributed by atoms with van der Waals surface area (Å²) in [5.74, 6) is 0.217. The zero-order valence-electron chi connectivity index (χ0n) is 16.2. The molecule has 4 rings (SSSR count). The van der Waals surface area contributed by atoms with Crippen LogP contribution in [0, 0.1) is 16.0 Å². The quantitative estimate of drug-likeness (QED) is 0.531. The number of amides is 2. The Morgan fingerprint density at radius 1 is 1.23 bits per heavy atom. The van der Waals surface area contributed by atoms with Crippen LogP contribution in [0.1, 0.15) is 12.2 Å². The van der Waals surface area contributed by atoms with E-state index < -0.39 is 4.92 Å². The first-order valence-corrected chi connectivity index (χ1v) is 10.1. The van der Waals surface area contributed by atoms with E-state index in [2.05, 4.69) is 0 Å². The molecule has 1 unspecified atom stereocenters. The van der Waals surface area contributed by atoms with Gasteiger partial charge in [-0.1, -0.05) is 11.6 Å². The monoisotopic (exact) mass is 432 g/mol. The number of carbonyl (C=O) groups excluding carboxylic acids is 2. The number of hydrogen-bond donors (Lipinski definition) is 0. The fraction of sp³-hybridized carbons (Fsp3) is 0.400. The third kappa shape index (κ3) is 4.11. The molecule has 10 heteroatoms. The first-order chi connectivity index (χ1) is 14.4. The van der Waals surface area contributed by atoms with Crippen LogP contribution in [0.25, 0.3) is 0 Å². The molecule has 0 spiro atoms. The number of likely N-dealkylation sites (tertiary alicyclic amines) is 1. The number of halogens is 1. The number of furan rings is 1. The van der Waals surface area contributed by atoms with Gasteiger partial charge in [0.1, 0.15) is 11.4 Å². The molecule has 2 aliphatic rings. The van der Waals surface area contributed by atoms with Gasteiger partial charge in [0, 0.05) is 50.2 Å². The highest BCUT2D eigenvalue weighted by molar-refractivity contribution is 6.30. The van der Waals surface area contributed by atoms with Gasteiger partial charge in [0.15, 0.2) is 0 Å². The number of anilines is 1. The molecule has 0 radical (unpaired) electrons. The Labute approximate surface area is 177 Å². The Hall–Kier alpha value is -3.07. The lowest BCUT2D eigenvalue weighted by atomic mass is 10.1. The van der Waals surface area contributed by atoms with Crippen molar-refractivity contribution in [1.82, 2.24) is 9.80 Å². The highest BCUT2D eigenvalue weighted by Gasteiger charge is 2.37. The SMILES string of the molecule is O=C1CC(C(=O)N2CCN(c3ccc(Cl)cc3[N+](=O)[O-])CC2)CN1Cc1ccco1. The molecule has 0 bridgehead atoms. The molecule has 158 valence electrons. The topological polar surface area (TPSA) is 100 Å². The molecular weight excluding hydrogens is 412 g/mol. The molecule has 0 saturated carbocycles. The van der Waals surface area contributed by atoms with Crippen molar-refractivity contribution in [1.29, 1.82) is 0 Å². The van der Waals surface area contributed by atoms with Gasteiger partial charge in [-0.15, -0.1) is 0 Å². The van der Waals surface area contributed by atoms with Crippen molar-refractivity contribution in [2.24, 2.45) is 5.92 Å². The average molecular weight is 433 g/mol. The summed E-state index contributed by atoms with van der Waals surface area (Å²) in [7, 11) is 0. The lowest BCUT2D eigenvalue weighted by molar-refractivity contribution is -0.384. The van der Waals surface area contributed by atoms with Gasteiger partial charge in [-0.25, -0.2) is 0 Å². The maximum atomic E-state index is 12.9. The minimum atomic E-state index is -0.448. The summed E-state index contributed by atoms with van der Waals surface area (Å²) < 4.78 is 5.29. The van der Waals surface area contributed by atoms with Gasteiger partial charge in [-0.05, 0) is 24.3 Å². The van der Waals surface area contributed by atoms with Crippen LogP contribution in [0.4, 0.5) is 11.4 Å². The summed E-state index contributed by atoms with van der Waals surface area (Å²) >= 11 is 5.89. The first-order valence-electron chi connectivity index (χ1n) is 9.70. The Morgan fingerprint density at radius 2 is 2.00 bits per heavy atom. The normalized spacial score (nSPS) is 19.4. The Kier molecular flexibility index (Phi) is 5.63. The summed E-state index contributed by atoms with van der Waals surface area (Å²) in [6.07, 6.45) is 1.76. The molecule has 1 aromatic carbocycles. The Balaban J connectivity index is 1.36. The standard InChI is InChI=1S/C20H21ClN4O5/c21-15-3-4-17(18(11-15)25(28)29)22-5-7-23(8-6-22)20(27)14-10-19(26)24(12-14)13-16-2-1-9-30-16/h1-4,9,11,14H,5-8,10,12-13H2. The Bertz CT molecular complexity index is 956. The van der Waals surface area contributed by atoms with Crippen molar-refractivity contribution in [2.45, 2.75) is 13.0 Å². The number of piperazine rings is 1. The van der Waals surface area contributed by atoms with E-state index in [-0.39, 0.29) is 29.8 Å². The predicted octanol–water partition coefficient (Wildman–Crippen LogP) is 2.54. The van der Waals surface area contributed by atoms with E-state index in [1.807, 2.05) is 4.90 Å². The average Bonchev–Trinajstić information content (AvgIpc) is 3.38. The minimum Gasteiger partial charge on any atom is -0.467 e. The Morgan fingerprint density at radius 3 is 2.67 bits per heavy atom. The van der Waals surface area contributed by atoms with Crippen LogP contribution in [0.2, 0.25) is 5.02 Å². The van der Waals surface area contributed by atoms with Crippen molar-refractivity contribution in [3.8, 4) is 0 Å². The van der Waals surface area contributed by atoms with E-state index in [9.17, 15) is 19.7 Å². The fourth-order valence-corrected chi connectivity index (χ4v) is 4.18. The van der Waals surface area contributed by atoms with E-state index in [1.54, 1.807) is 40.3 Å². The number of benzene rings is 1. The summed E-state index contributed by atoms with van der Waals surface area (Å²) in [4.78, 5) is 41.4. The summed E-state index contributed by atoms with van der Waals surface area (Å²) in [6, 6.07) is 8.17. The zero-order valence-corrected chi connectivity index (χ0v) is 17.0. The van der Waals surface area contributed by atoms with Gasteiger partial charge in [-0.3, -0.25) is 19.7 Å². The number of nitro groups is 1. The number of nitrogens with zero attached hydrogens (tertiary/aromatic N) is 4. The van der Waals surface area contributed by atoms with Crippen molar-refractivity contribution >= 4 is 34.8 Å². The lowest BCUT2D eigenvalue weighted by Gasteiger charge is -2.36. The van der Waals surface area contributed by atoms with Gasteiger partial charge >= 0.3 is 0 Å². The second-order valence-corrected chi connectivity index (χ2v) is 7.89. The van der Waals surface area contributed by atoms with Crippen LogP contribution in [-0.2, 0) is 16.1 Å². The van der Waals surface area contributed by atoms with Crippen LogP contribution in [-0.4, -0.2) is 59.3 Å². The molecule has 0 N–H and O–H groups in total. The summed E-state index contributed by atoms with van der Waals surface area (Å²) in [6.45, 7) is 2.59. The number of rotatable bonds is 5. The van der Waals surface area contributed by atoms with Crippen LogP contribution in [0.15, 0.2) is 41.0 Å². The predicted molar refractivity (Wildman–Crippen MR) is 109 cm³/mol. The van der Waals surface area contributed by atoms with E-state index >= 15 is 0 Å². The van der Waals surface area contributed by atoms with Gasteiger partial charge in [-0.2, -0.15) is 0 Å². The molecule has 2 amide bonds. The third-order valence-corrected chi connectivity index (χ3v) is 5.79. The van der Waals surface area contributed by atoms with Crippen molar-refractivity contribution in [3.05, 3.63) is 57.5 Å². The molecular formula is C20H21ClN4O5. The molecule has 3 heterocycles. The second kappa shape index (κ2) is 8.35. The van der Waals surface area contributed by atoms with Crippen molar-refractivity contribution in [2.75, 3.05) is 37.6 Å². The van der Waals surface area contributed by atoms with Crippen LogP contribution < -0.4 is 4.90 Å². The molecule has 2 saturated heterocycles. The highest BCUT2D eigenvalue weighted by Crippen LogP contribution is 2.32. The highest BCUT2D eigenvalue weighted by atomic mass is 35.5. The maximum absolute atomic E-state index is 12.9. The molecule has 9 nitrogen and oxygen atoms in total. The van der Waals surface area contributed by atoms with Crippen molar-refractivity contribution in [3.63, 3.8) is 0 Å². The number of hydrogen-bond acceptors (Lipinski definition) is 6. The van der Waals surface area contributed by atoms with Gasteiger partial charge in [0.25, 0.3) is 5.69 Å². The summed E-state index contributed by atoms with van der Waals surface area (Å²) in [5.41, 5.74) is 0.453. The van der Waals surface area contributed by atoms with E-state index in [0.717, 1.165) is 0 Å².